The Morgan fingerprint density at radius 1 is 0.708 bits per heavy atom. The molecule has 144 valence electrons. The van der Waals surface area contributed by atoms with Crippen molar-refractivity contribution in [1.82, 2.24) is 4.90 Å². The zero-order chi connectivity index (χ0) is 19.7. The Hall–Kier alpha value is -0.820. The van der Waals surface area contributed by atoms with Crippen LogP contribution in [0.1, 0.15) is 86.3 Å². The molecular weight excluding hydrogens is 290 g/mol. The molecule has 0 unspecified atom stereocenters. The van der Waals surface area contributed by atoms with Crippen molar-refractivity contribution in [3.63, 3.8) is 0 Å². The Balaban J connectivity index is -0.000000304. The molecule has 1 aromatic rings. The third-order valence-electron chi connectivity index (χ3n) is 3.10. The van der Waals surface area contributed by atoms with E-state index in [1.54, 1.807) is 0 Å². The van der Waals surface area contributed by atoms with Gasteiger partial charge in [0.25, 0.3) is 0 Å². The average molecular weight is 338 g/mol. The molecule has 24 heavy (non-hydrogen) atoms. The van der Waals surface area contributed by atoms with E-state index in [2.05, 4.69) is 84.7 Å². The first-order valence-corrected chi connectivity index (χ1v) is 9.97. The van der Waals surface area contributed by atoms with E-state index in [0.29, 0.717) is 5.92 Å². The van der Waals surface area contributed by atoms with Crippen LogP contribution in [0, 0.1) is 18.8 Å². The van der Waals surface area contributed by atoms with Crippen molar-refractivity contribution in [1.29, 1.82) is 0 Å². The highest BCUT2D eigenvalue weighted by molar-refractivity contribution is 5.23. The molecule has 0 fully saturated rings. The Morgan fingerprint density at radius 2 is 1.04 bits per heavy atom. The highest BCUT2D eigenvalue weighted by atomic mass is 15.1. The quantitative estimate of drug-likeness (QED) is 0.541. The van der Waals surface area contributed by atoms with Gasteiger partial charge in [0, 0.05) is 13.1 Å². The smallest absolute Gasteiger partial charge is 0.000144 e. The minimum atomic E-state index is 0.653. The zero-order valence-electron chi connectivity index (χ0n) is 18.9. The standard InChI is InChI=1S/C10H14.C9H21N.2C2H6/c1-8(2)10-6-4-9(3)5-7-10;1-8(2)6-10(5)7-9(3)4;2*1-2/h4-8H,1-3H3;8-9H,6-7H2,1-5H3;2*1-2H3. The third-order valence-corrected chi connectivity index (χ3v) is 3.10. The predicted octanol–water partition coefficient (Wildman–Crippen LogP) is 7.40. The molecule has 0 bridgehead atoms. The first kappa shape index (κ1) is 28.0. The minimum Gasteiger partial charge on any atom is -0.306 e. The van der Waals surface area contributed by atoms with Crippen LogP contribution in [0.3, 0.4) is 0 Å². The van der Waals surface area contributed by atoms with Gasteiger partial charge in [-0.25, -0.2) is 0 Å². The first-order valence-electron chi connectivity index (χ1n) is 9.97. The van der Waals surface area contributed by atoms with Gasteiger partial charge < -0.3 is 4.90 Å². The van der Waals surface area contributed by atoms with Crippen molar-refractivity contribution in [2.45, 2.75) is 82.1 Å². The maximum absolute atomic E-state index is 2.40. The molecule has 0 amide bonds. The average Bonchev–Trinajstić information content (AvgIpc) is 2.50. The molecule has 0 spiro atoms. The SMILES string of the molecule is CC.CC.CC(C)CN(C)CC(C)C.Cc1ccc(C(C)C)cc1. The van der Waals surface area contributed by atoms with Crippen LogP contribution in [0.25, 0.3) is 0 Å². The molecule has 0 radical (unpaired) electrons. The van der Waals surface area contributed by atoms with Gasteiger partial charge in [-0.1, -0.05) is 99.1 Å². The van der Waals surface area contributed by atoms with E-state index in [1.165, 1.54) is 24.2 Å². The normalized spacial score (nSPS) is 9.83. The Morgan fingerprint density at radius 3 is 1.29 bits per heavy atom. The maximum Gasteiger partial charge on any atom is 0.000144 e. The van der Waals surface area contributed by atoms with Crippen LogP contribution >= 0.6 is 0 Å². The number of hydrogen-bond donors (Lipinski definition) is 0. The molecule has 0 aliphatic carbocycles. The lowest BCUT2D eigenvalue weighted by Gasteiger charge is -2.20. The summed E-state index contributed by atoms with van der Waals surface area (Å²) >= 11 is 0. The summed E-state index contributed by atoms with van der Waals surface area (Å²) in [6.45, 7) is 26.0. The van der Waals surface area contributed by atoms with E-state index in [1.807, 2.05) is 27.7 Å². The van der Waals surface area contributed by atoms with Crippen molar-refractivity contribution < 1.29 is 0 Å². The molecule has 0 aliphatic heterocycles. The molecule has 0 aliphatic rings. The number of hydrogen-bond acceptors (Lipinski definition) is 1. The topological polar surface area (TPSA) is 3.24 Å². The molecule has 0 aromatic heterocycles. The summed E-state index contributed by atoms with van der Waals surface area (Å²) in [5.74, 6) is 2.24. The summed E-state index contributed by atoms with van der Waals surface area (Å²) in [4.78, 5) is 2.40. The monoisotopic (exact) mass is 337 g/mol. The van der Waals surface area contributed by atoms with E-state index < -0.39 is 0 Å². The van der Waals surface area contributed by atoms with Gasteiger partial charge in [-0.3, -0.25) is 0 Å². The fourth-order valence-electron chi connectivity index (χ4n) is 2.27. The van der Waals surface area contributed by atoms with Crippen molar-refractivity contribution in [3.05, 3.63) is 35.4 Å². The van der Waals surface area contributed by atoms with Crippen LogP contribution in [0.4, 0.5) is 0 Å². The minimum absolute atomic E-state index is 0.653. The molecule has 1 nitrogen and oxygen atoms in total. The largest absolute Gasteiger partial charge is 0.306 e. The molecular formula is C23H47N. The van der Waals surface area contributed by atoms with Crippen molar-refractivity contribution in [2.75, 3.05) is 20.1 Å². The van der Waals surface area contributed by atoms with Gasteiger partial charge in [0.15, 0.2) is 0 Å². The molecule has 0 saturated heterocycles. The van der Waals surface area contributed by atoms with E-state index in [9.17, 15) is 0 Å². The van der Waals surface area contributed by atoms with Crippen molar-refractivity contribution in [3.8, 4) is 0 Å². The van der Waals surface area contributed by atoms with Crippen molar-refractivity contribution in [2.24, 2.45) is 11.8 Å². The summed E-state index contributed by atoms with van der Waals surface area (Å²) in [5.41, 5.74) is 2.76. The lowest BCUT2D eigenvalue weighted by molar-refractivity contribution is 0.265. The van der Waals surface area contributed by atoms with Gasteiger partial charge in [-0.2, -0.15) is 0 Å². The van der Waals surface area contributed by atoms with Crippen LogP contribution in [-0.4, -0.2) is 25.0 Å². The van der Waals surface area contributed by atoms with Gasteiger partial charge in [-0.15, -0.1) is 0 Å². The molecule has 1 rings (SSSR count). The number of nitrogens with zero attached hydrogens (tertiary/aromatic N) is 1. The van der Waals surface area contributed by atoms with Crippen LogP contribution in [0.5, 0.6) is 0 Å². The second kappa shape index (κ2) is 18.5. The van der Waals surface area contributed by atoms with Gasteiger partial charge in [0.05, 0.1) is 0 Å². The summed E-state index contributed by atoms with van der Waals surface area (Å²) in [6.07, 6.45) is 0. The second-order valence-electron chi connectivity index (χ2n) is 7.07. The number of rotatable bonds is 5. The molecule has 0 atom stereocenters. The molecule has 0 heterocycles. The Bertz CT molecular complexity index is 326. The van der Waals surface area contributed by atoms with Crippen LogP contribution in [0.15, 0.2) is 24.3 Å². The van der Waals surface area contributed by atoms with Crippen molar-refractivity contribution >= 4 is 0 Å². The highest BCUT2D eigenvalue weighted by Gasteiger charge is 2.02. The summed E-state index contributed by atoms with van der Waals surface area (Å²) in [7, 11) is 2.19. The van der Waals surface area contributed by atoms with Crippen LogP contribution < -0.4 is 0 Å². The van der Waals surface area contributed by atoms with E-state index in [0.717, 1.165) is 11.8 Å². The highest BCUT2D eigenvalue weighted by Crippen LogP contribution is 2.13. The lowest BCUT2D eigenvalue weighted by Crippen LogP contribution is -2.27. The first-order chi connectivity index (χ1) is 11.2. The van der Waals surface area contributed by atoms with Crippen LogP contribution in [-0.2, 0) is 0 Å². The Kier molecular flexibility index (Phi) is 21.6. The molecule has 0 N–H and O–H groups in total. The molecule has 1 heteroatoms. The number of benzene rings is 1. The predicted molar refractivity (Wildman–Crippen MR) is 115 cm³/mol. The van der Waals surface area contributed by atoms with E-state index in [4.69, 9.17) is 0 Å². The van der Waals surface area contributed by atoms with E-state index >= 15 is 0 Å². The molecule has 1 aromatic carbocycles. The van der Waals surface area contributed by atoms with Gasteiger partial charge in [0.1, 0.15) is 0 Å². The van der Waals surface area contributed by atoms with E-state index in [-0.39, 0.29) is 0 Å². The van der Waals surface area contributed by atoms with Gasteiger partial charge in [0.2, 0.25) is 0 Å². The second-order valence-corrected chi connectivity index (χ2v) is 7.07. The fraction of sp³-hybridized carbons (Fsp3) is 0.739. The maximum atomic E-state index is 2.40. The lowest BCUT2D eigenvalue weighted by atomic mass is 10.0. The van der Waals surface area contributed by atoms with Crippen LogP contribution in [0.2, 0.25) is 0 Å². The Labute approximate surface area is 154 Å². The van der Waals surface area contributed by atoms with Gasteiger partial charge >= 0.3 is 0 Å². The summed E-state index contributed by atoms with van der Waals surface area (Å²) in [6, 6.07) is 8.71. The van der Waals surface area contributed by atoms with Gasteiger partial charge in [-0.05, 0) is 37.3 Å². The zero-order valence-corrected chi connectivity index (χ0v) is 18.9. The fourth-order valence-corrected chi connectivity index (χ4v) is 2.27. The third kappa shape index (κ3) is 19.2. The molecule has 0 saturated carbocycles. The summed E-state index contributed by atoms with van der Waals surface area (Å²) in [5, 5.41) is 0. The number of aryl methyl sites for hydroxylation is 1. The summed E-state index contributed by atoms with van der Waals surface area (Å²) < 4.78 is 0.